The Hall–Kier alpha value is -0.890. The normalized spacial score (nSPS) is 12.9. The number of aromatic nitrogens is 1. The fraction of sp³-hybridized carbons (Fsp3) is 0.500. The van der Waals surface area contributed by atoms with Gasteiger partial charge in [0.2, 0.25) is 0 Å². The van der Waals surface area contributed by atoms with Crippen LogP contribution in [0, 0.1) is 6.92 Å². The molecule has 2 nitrogen and oxygen atoms in total. The number of aliphatic hydroxyl groups is 1. The van der Waals surface area contributed by atoms with Crippen LogP contribution in [0.1, 0.15) is 37.0 Å². The lowest BCUT2D eigenvalue weighted by Gasteiger charge is -2.11. The lowest BCUT2D eigenvalue weighted by molar-refractivity contribution is 0.165. The van der Waals surface area contributed by atoms with Gasteiger partial charge in [0.25, 0.3) is 0 Å². The molecule has 0 saturated carbocycles. The third-order valence-electron chi connectivity index (χ3n) is 2.00. The molecule has 1 unspecified atom stereocenters. The fourth-order valence-electron chi connectivity index (χ4n) is 1.25. The van der Waals surface area contributed by atoms with Crippen molar-refractivity contribution in [3.63, 3.8) is 0 Å². The van der Waals surface area contributed by atoms with Crippen LogP contribution in [0.15, 0.2) is 18.5 Å². The number of aliphatic hydroxyl groups excluding tert-OH is 1. The lowest BCUT2D eigenvalue weighted by atomic mass is 10.0. The van der Waals surface area contributed by atoms with Crippen LogP contribution in [0.3, 0.4) is 0 Å². The highest BCUT2D eigenvalue weighted by Crippen LogP contribution is 2.19. The van der Waals surface area contributed by atoms with Gasteiger partial charge in [-0.3, -0.25) is 4.98 Å². The zero-order valence-corrected chi connectivity index (χ0v) is 7.62. The topological polar surface area (TPSA) is 33.1 Å². The molecule has 0 aliphatic carbocycles. The van der Waals surface area contributed by atoms with E-state index < -0.39 is 0 Å². The van der Waals surface area contributed by atoms with Gasteiger partial charge in [0.1, 0.15) is 0 Å². The minimum Gasteiger partial charge on any atom is -0.388 e. The maximum Gasteiger partial charge on any atom is 0.0807 e. The van der Waals surface area contributed by atoms with Gasteiger partial charge in [-0.25, -0.2) is 0 Å². The van der Waals surface area contributed by atoms with Crippen molar-refractivity contribution >= 4 is 0 Å². The Balaban J connectivity index is 2.79. The summed E-state index contributed by atoms with van der Waals surface area (Å²) in [5.41, 5.74) is 2.07. The molecular weight excluding hydrogens is 150 g/mol. The van der Waals surface area contributed by atoms with Crippen molar-refractivity contribution in [1.29, 1.82) is 0 Å². The Kier molecular flexibility index (Phi) is 3.23. The van der Waals surface area contributed by atoms with E-state index in [9.17, 15) is 5.11 Å². The molecule has 0 aliphatic heterocycles. The predicted molar refractivity (Wildman–Crippen MR) is 48.8 cm³/mol. The summed E-state index contributed by atoms with van der Waals surface area (Å²) in [5, 5.41) is 9.66. The summed E-state index contributed by atoms with van der Waals surface area (Å²) >= 11 is 0. The second kappa shape index (κ2) is 4.21. The van der Waals surface area contributed by atoms with Crippen molar-refractivity contribution in [2.75, 3.05) is 0 Å². The van der Waals surface area contributed by atoms with E-state index in [0.29, 0.717) is 0 Å². The molecule has 66 valence electrons. The summed E-state index contributed by atoms with van der Waals surface area (Å²) in [4.78, 5) is 3.99. The van der Waals surface area contributed by atoms with Crippen LogP contribution in [0.4, 0.5) is 0 Å². The Labute approximate surface area is 73.3 Å². The number of hydrogen-bond acceptors (Lipinski definition) is 2. The van der Waals surface area contributed by atoms with Gasteiger partial charge in [0.05, 0.1) is 6.10 Å². The van der Waals surface area contributed by atoms with E-state index in [2.05, 4.69) is 11.9 Å². The Morgan fingerprint density at radius 2 is 2.33 bits per heavy atom. The number of nitrogens with zero attached hydrogens (tertiary/aromatic N) is 1. The van der Waals surface area contributed by atoms with Gasteiger partial charge in [0.15, 0.2) is 0 Å². The molecule has 1 aromatic heterocycles. The maximum atomic E-state index is 9.66. The molecule has 0 fully saturated rings. The summed E-state index contributed by atoms with van der Waals surface area (Å²) in [6.07, 6.45) is 4.96. The number of hydrogen-bond donors (Lipinski definition) is 1. The van der Waals surface area contributed by atoms with Gasteiger partial charge in [-0.05, 0) is 25.0 Å². The van der Waals surface area contributed by atoms with Crippen molar-refractivity contribution < 1.29 is 5.11 Å². The molecule has 0 amide bonds. The fourth-order valence-corrected chi connectivity index (χ4v) is 1.25. The Morgan fingerprint density at radius 3 is 2.92 bits per heavy atom. The third kappa shape index (κ3) is 2.05. The molecule has 0 saturated heterocycles. The summed E-state index contributed by atoms with van der Waals surface area (Å²) in [5.74, 6) is 0. The summed E-state index contributed by atoms with van der Waals surface area (Å²) < 4.78 is 0. The van der Waals surface area contributed by atoms with Gasteiger partial charge in [-0.2, -0.15) is 0 Å². The van der Waals surface area contributed by atoms with Crippen LogP contribution in [-0.4, -0.2) is 10.1 Å². The molecule has 0 aliphatic rings. The van der Waals surface area contributed by atoms with E-state index >= 15 is 0 Å². The molecule has 1 N–H and O–H groups in total. The Morgan fingerprint density at radius 1 is 1.58 bits per heavy atom. The minimum absolute atomic E-state index is 0.344. The van der Waals surface area contributed by atoms with Crippen molar-refractivity contribution in [2.45, 2.75) is 32.8 Å². The molecule has 0 aromatic carbocycles. The highest BCUT2D eigenvalue weighted by Gasteiger charge is 2.08. The summed E-state index contributed by atoms with van der Waals surface area (Å²) in [6.45, 7) is 4.06. The van der Waals surface area contributed by atoms with Gasteiger partial charge < -0.3 is 5.11 Å². The highest BCUT2D eigenvalue weighted by molar-refractivity contribution is 5.23. The maximum absolute atomic E-state index is 9.66. The van der Waals surface area contributed by atoms with E-state index in [-0.39, 0.29) is 6.10 Å². The van der Waals surface area contributed by atoms with Gasteiger partial charge >= 0.3 is 0 Å². The number of rotatable bonds is 3. The standard InChI is InChI=1S/C10H15NO/c1-3-4-10(12)9-7-11-6-5-8(9)2/h5-7,10,12H,3-4H2,1-2H3. The average molecular weight is 165 g/mol. The minimum atomic E-state index is -0.344. The van der Waals surface area contributed by atoms with Crippen LogP contribution in [0.5, 0.6) is 0 Å². The van der Waals surface area contributed by atoms with Gasteiger partial charge in [0, 0.05) is 18.0 Å². The Bertz CT molecular complexity index is 247. The molecular formula is C10H15NO. The molecule has 1 heterocycles. The molecule has 0 radical (unpaired) electrons. The molecule has 2 heteroatoms. The first-order valence-corrected chi connectivity index (χ1v) is 4.34. The van der Waals surface area contributed by atoms with E-state index in [4.69, 9.17) is 0 Å². The molecule has 0 bridgehead atoms. The largest absolute Gasteiger partial charge is 0.388 e. The third-order valence-corrected chi connectivity index (χ3v) is 2.00. The van der Waals surface area contributed by atoms with Crippen molar-refractivity contribution in [2.24, 2.45) is 0 Å². The van der Waals surface area contributed by atoms with Crippen molar-refractivity contribution in [1.82, 2.24) is 4.98 Å². The van der Waals surface area contributed by atoms with Crippen LogP contribution < -0.4 is 0 Å². The lowest BCUT2D eigenvalue weighted by Crippen LogP contribution is -1.99. The number of pyridine rings is 1. The van der Waals surface area contributed by atoms with Crippen LogP contribution >= 0.6 is 0 Å². The van der Waals surface area contributed by atoms with E-state index in [0.717, 1.165) is 24.0 Å². The average Bonchev–Trinajstić information content (AvgIpc) is 2.05. The molecule has 1 atom stereocenters. The molecule has 0 spiro atoms. The molecule has 1 aromatic rings. The van der Waals surface area contributed by atoms with Crippen LogP contribution in [0.25, 0.3) is 0 Å². The number of aryl methyl sites for hydroxylation is 1. The monoisotopic (exact) mass is 165 g/mol. The summed E-state index contributed by atoms with van der Waals surface area (Å²) in [6, 6.07) is 1.92. The van der Waals surface area contributed by atoms with Gasteiger partial charge in [-0.1, -0.05) is 13.3 Å². The van der Waals surface area contributed by atoms with E-state index in [1.54, 1.807) is 12.4 Å². The van der Waals surface area contributed by atoms with E-state index in [1.807, 2.05) is 13.0 Å². The van der Waals surface area contributed by atoms with Crippen LogP contribution in [-0.2, 0) is 0 Å². The predicted octanol–water partition coefficient (Wildman–Crippen LogP) is 2.22. The quantitative estimate of drug-likeness (QED) is 0.745. The molecule has 1 rings (SSSR count). The molecule has 12 heavy (non-hydrogen) atoms. The zero-order chi connectivity index (χ0) is 8.97. The van der Waals surface area contributed by atoms with Crippen molar-refractivity contribution in [3.8, 4) is 0 Å². The summed E-state index contributed by atoms with van der Waals surface area (Å²) in [7, 11) is 0. The van der Waals surface area contributed by atoms with E-state index in [1.165, 1.54) is 0 Å². The SMILES string of the molecule is CCCC(O)c1cnccc1C. The first kappa shape index (κ1) is 9.20. The second-order valence-electron chi connectivity index (χ2n) is 3.04. The smallest absolute Gasteiger partial charge is 0.0807 e. The first-order chi connectivity index (χ1) is 5.75. The van der Waals surface area contributed by atoms with Crippen molar-refractivity contribution in [3.05, 3.63) is 29.6 Å². The zero-order valence-electron chi connectivity index (χ0n) is 7.62. The van der Waals surface area contributed by atoms with Gasteiger partial charge in [-0.15, -0.1) is 0 Å². The second-order valence-corrected chi connectivity index (χ2v) is 3.04. The highest BCUT2D eigenvalue weighted by atomic mass is 16.3. The van der Waals surface area contributed by atoms with Crippen LogP contribution in [0.2, 0.25) is 0 Å². The first-order valence-electron chi connectivity index (χ1n) is 4.34.